The lowest BCUT2D eigenvalue weighted by molar-refractivity contribution is 0.599. The summed E-state index contributed by atoms with van der Waals surface area (Å²) in [6.45, 7) is 3.84. The number of nitrogens with one attached hydrogen (secondary N) is 1. The van der Waals surface area contributed by atoms with Crippen LogP contribution in [0.5, 0.6) is 0 Å². The van der Waals surface area contributed by atoms with Crippen LogP contribution in [0.15, 0.2) is 47.4 Å². The predicted octanol–water partition coefficient (Wildman–Crippen LogP) is 3.50. The van der Waals surface area contributed by atoms with E-state index in [0.717, 1.165) is 29.7 Å². The third-order valence-corrected chi connectivity index (χ3v) is 4.46. The van der Waals surface area contributed by atoms with Crippen LogP contribution in [0, 0.1) is 12.7 Å². The van der Waals surface area contributed by atoms with Gasteiger partial charge in [0.05, 0.1) is 10.6 Å². The van der Waals surface area contributed by atoms with E-state index < -0.39 is 15.8 Å². The number of anilines is 1. The van der Waals surface area contributed by atoms with Crippen LogP contribution in [-0.2, 0) is 16.4 Å². The van der Waals surface area contributed by atoms with E-state index in [9.17, 15) is 12.8 Å². The minimum Gasteiger partial charge on any atom is -0.279 e. The maximum absolute atomic E-state index is 12.8. The van der Waals surface area contributed by atoms with E-state index in [-0.39, 0.29) is 4.90 Å². The molecular weight excluding hydrogens is 277 g/mol. The van der Waals surface area contributed by atoms with Crippen molar-refractivity contribution >= 4 is 15.7 Å². The van der Waals surface area contributed by atoms with Crippen molar-refractivity contribution in [2.75, 3.05) is 4.72 Å². The second kappa shape index (κ2) is 5.63. The fourth-order valence-electron chi connectivity index (χ4n) is 1.82. The van der Waals surface area contributed by atoms with Crippen molar-refractivity contribution in [2.24, 2.45) is 0 Å². The summed E-state index contributed by atoms with van der Waals surface area (Å²) in [7, 11) is -3.69. The molecule has 2 aromatic carbocycles. The number of benzene rings is 2. The largest absolute Gasteiger partial charge is 0.279 e. The van der Waals surface area contributed by atoms with E-state index in [1.807, 2.05) is 32.0 Å². The molecule has 1 N–H and O–H groups in total. The number of hydrogen-bond acceptors (Lipinski definition) is 2. The fourth-order valence-corrected chi connectivity index (χ4v) is 2.94. The first kappa shape index (κ1) is 14.5. The number of halogens is 1. The van der Waals surface area contributed by atoms with Crippen LogP contribution in [0.1, 0.15) is 18.1 Å². The zero-order valence-corrected chi connectivity index (χ0v) is 12.2. The first-order valence-electron chi connectivity index (χ1n) is 6.30. The average molecular weight is 293 g/mol. The molecule has 0 amide bonds. The van der Waals surface area contributed by atoms with Gasteiger partial charge in [0.25, 0.3) is 10.0 Å². The third kappa shape index (κ3) is 3.17. The van der Waals surface area contributed by atoms with E-state index in [2.05, 4.69) is 4.72 Å². The van der Waals surface area contributed by atoms with Crippen LogP contribution in [0.25, 0.3) is 0 Å². The predicted molar refractivity (Wildman–Crippen MR) is 77.8 cm³/mol. The molecule has 0 bridgehead atoms. The van der Waals surface area contributed by atoms with Gasteiger partial charge < -0.3 is 0 Å². The molecule has 0 spiro atoms. The van der Waals surface area contributed by atoms with Crippen molar-refractivity contribution in [2.45, 2.75) is 25.2 Å². The number of hydrogen-bond donors (Lipinski definition) is 1. The summed E-state index contributed by atoms with van der Waals surface area (Å²) in [5, 5.41) is 0. The van der Waals surface area contributed by atoms with Gasteiger partial charge in [-0.3, -0.25) is 4.72 Å². The first-order chi connectivity index (χ1) is 9.42. The maximum Gasteiger partial charge on any atom is 0.261 e. The van der Waals surface area contributed by atoms with Gasteiger partial charge in [-0.25, -0.2) is 12.8 Å². The van der Waals surface area contributed by atoms with Gasteiger partial charge in [-0.1, -0.05) is 19.1 Å². The Balaban J connectivity index is 2.35. The highest BCUT2D eigenvalue weighted by atomic mass is 32.2. The second-order valence-electron chi connectivity index (χ2n) is 4.56. The van der Waals surface area contributed by atoms with Crippen LogP contribution < -0.4 is 4.72 Å². The average Bonchev–Trinajstić information content (AvgIpc) is 2.41. The molecule has 2 aromatic rings. The zero-order valence-electron chi connectivity index (χ0n) is 11.4. The number of rotatable bonds is 4. The van der Waals surface area contributed by atoms with Gasteiger partial charge in [-0.05, 0) is 54.8 Å². The SMILES string of the molecule is CCc1ccc(C)c(NS(=O)(=O)c2ccc(F)cc2)c1. The van der Waals surface area contributed by atoms with Gasteiger partial charge in [-0.2, -0.15) is 0 Å². The van der Waals surface area contributed by atoms with Gasteiger partial charge in [0.2, 0.25) is 0 Å². The van der Waals surface area contributed by atoms with Gasteiger partial charge in [-0.15, -0.1) is 0 Å². The molecule has 3 nitrogen and oxygen atoms in total. The Kier molecular flexibility index (Phi) is 4.09. The zero-order chi connectivity index (χ0) is 14.8. The van der Waals surface area contributed by atoms with E-state index in [1.165, 1.54) is 12.1 Å². The van der Waals surface area contributed by atoms with Crippen molar-refractivity contribution in [3.05, 3.63) is 59.4 Å². The summed E-state index contributed by atoms with van der Waals surface area (Å²) >= 11 is 0. The molecule has 20 heavy (non-hydrogen) atoms. The fraction of sp³-hybridized carbons (Fsp3) is 0.200. The Morgan fingerprint density at radius 3 is 2.35 bits per heavy atom. The molecule has 0 heterocycles. The normalized spacial score (nSPS) is 11.3. The second-order valence-corrected chi connectivity index (χ2v) is 6.24. The van der Waals surface area contributed by atoms with Gasteiger partial charge in [0.1, 0.15) is 5.82 Å². The summed E-state index contributed by atoms with van der Waals surface area (Å²) in [6, 6.07) is 10.4. The molecule has 106 valence electrons. The Bertz CT molecular complexity index is 709. The minimum atomic E-state index is -3.69. The van der Waals surface area contributed by atoms with Crippen molar-refractivity contribution in [3.8, 4) is 0 Å². The summed E-state index contributed by atoms with van der Waals surface area (Å²) in [5.41, 5.74) is 2.44. The maximum atomic E-state index is 12.8. The summed E-state index contributed by atoms with van der Waals surface area (Å²) in [5.74, 6) is -0.465. The van der Waals surface area contributed by atoms with Crippen molar-refractivity contribution < 1.29 is 12.8 Å². The summed E-state index contributed by atoms with van der Waals surface area (Å²) in [6.07, 6.45) is 0.825. The molecule has 2 rings (SSSR count). The van der Waals surface area contributed by atoms with E-state index in [4.69, 9.17) is 0 Å². The molecule has 5 heteroatoms. The van der Waals surface area contributed by atoms with Crippen LogP contribution in [0.3, 0.4) is 0 Å². The van der Waals surface area contributed by atoms with Crippen molar-refractivity contribution in [1.29, 1.82) is 0 Å². The number of aryl methyl sites for hydroxylation is 2. The highest BCUT2D eigenvalue weighted by molar-refractivity contribution is 7.92. The monoisotopic (exact) mass is 293 g/mol. The summed E-state index contributed by atoms with van der Waals surface area (Å²) in [4.78, 5) is 0.0419. The van der Waals surface area contributed by atoms with Crippen LogP contribution >= 0.6 is 0 Å². The highest BCUT2D eigenvalue weighted by Gasteiger charge is 2.15. The van der Waals surface area contributed by atoms with Crippen LogP contribution in [0.2, 0.25) is 0 Å². The molecule has 0 aliphatic heterocycles. The lowest BCUT2D eigenvalue weighted by atomic mass is 10.1. The quantitative estimate of drug-likeness (QED) is 0.938. The molecule has 0 saturated heterocycles. The molecule has 0 aliphatic rings. The molecule has 0 saturated carbocycles. The van der Waals surface area contributed by atoms with Crippen LogP contribution in [0.4, 0.5) is 10.1 Å². The van der Waals surface area contributed by atoms with E-state index in [1.54, 1.807) is 0 Å². The Hall–Kier alpha value is -1.88. The van der Waals surface area contributed by atoms with Gasteiger partial charge >= 0.3 is 0 Å². The third-order valence-electron chi connectivity index (χ3n) is 3.08. The van der Waals surface area contributed by atoms with E-state index >= 15 is 0 Å². The first-order valence-corrected chi connectivity index (χ1v) is 7.78. The minimum absolute atomic E-state index is 0.0419. The molecule has 0 atom stereocenters. The molecule has 0 fully saturated rings. The molecule has 0 aliphatic carbocycles. The van der Waals surface area contributed by atoms with Crippen molar-refractivity contribution in [3.63, 3.8) is 0 Å². The van der Waals surface area contributed by atoms with E-state index in [0.29, 0.717) is 5.69 Å². The van der Waals surface area contributed by atoms with Crippen molar-refractivity contribution in [1.82, 2.24) is 0 Å². The Labute approximate surface area is 118 Å². The highest BCUT2D eigenvalue weighted by Crippen LogP contribution is 2.21. The number of sulfonamides is 1. The standard InChI is InChI=1S/C15H16FNO2S/c1-3-12-5-4-11(2)15(10-12)17-20(18,19)14-8-6-13(16)7-9-14/h4-10,17H,3H2,1-2H3. The molecule has 0 unspecified atom stereocenters. The molecule has 0 radical (unpaired) electrons. The lowest BCUT2D eigenvalue weighted by Gasteiger charge is -2.12. The van der Waals surface area contributed by atoms with Gasteiger partial charge in [0, 0.05) is 0 Å². The molecule has 0 aromatic heterocycles. The Morgan fingerprint density at radius 2 is 1.75 bits per heavy atom. The lowest BCUT2D eigenvalue weighted by Crippen LogP contribution is -2.14. The smallest absolute Gasteiger partial charge is 0.261 e. The van der Waals surface area contributed by atoms with Crippen LogP contribution in [-0.4, -0.2) is 8.42 Å². The topological polar surface area (TPSA) is 46.2 Å². The Morgan fingerprint density at radius 1 is 1.10 bits per heavy atom. The molecular formula is C15H16FNO2S. The van der Waals surface area contributed by atoms with Gasteiger partial charge in [0.15, 0.2) is 0 Å². The summed E-state index contributed by atoms with van der Waals surface area (Å²) < 4.78 is 39.9.